The van der Waals surface area contributed by atoms with Crippen LogP contribution in [0.2, 0.25) is 0 Å². The van der Waals surface area contributed by atoms with Gasteiger partial charge in [-0.2, -0.15) is 0 Å². The maximum atomic E-state index is 12.9. The highest BCUT2D eigenvalue weighted by atomic mass is 16.4. The minimum atomic E-state index is -0.877. The number of aliphatic hydroxyl groups excluding tert-OH is 1. The Bertz CT molecular complexity index is 965. The zero-order chi connectivity index (χ0) is 25.1. The van der Waals surface area contributed by atoms with Gasteiger partial charge in [0, 0.05) is 17.3 Å². The molecule has 0 aromatic carbocycles. The van der Waals surface area contributed by atoms with Crippen molar-refractivity contribution >= 4 is 11.8 Å². The molecule has 5 aliphatic carbocycles. The highest BCUT2D eigenvalue weighted by Gasteiger charge is 2.69. The van der Waals surface area contributed by atoms with Crippen molar-refractivity contribution < 1.29 is 19.8 Å². The summed E-state index contributed by atoms with van der Waals surface area (Å²) in [5.41, 5.74) is 0.360. The SMILES string of the molecule is CC1(C)C(=O)CC[C@]2(C)[C@H]3CC=C4[C@H]5C[C@@](C)(C(=O)O)C[C@@H](O)[C@]5(C)CC[C@@]4(C)[C@]3(C)CC[C@@H]12. The Morgan fingerprint density at radius 3 is 2.24 bits per heavy atom. The van der Waals surface area contributed by atoms with Crippen LogP contribution in [-0.4, -0.2) is 28.1 Å². The fraction of sp³-hybridized carbons (Fsp3) is 0.867. The number of carbonyl (C=O) groups is 2. The first-order valence-corrected chi connectivity index (χ1v) is 13.7. The number of allylic oxidation sites excluding steroid dienone is 2. The van der Waals surface area contributed by atoms with Crippen molar-refractivity contribution in [2.75, 3.05) is 0 Å². The lowest BCUT2D eigenvalue weighted by Crippen LogP contribution is -2.65. The molecular weight excluding hydrogens is 424 g/mol. The van der Waals surface area contributed by atoms with Crippen molar-refractivity contribution in [3.63, 3.8) is 0 Å². The average Bonchev–Trinajstić information content (AvgIpc) is 2.73. The molecule has 0 bridgehead atoms. The van der Waals surface area contributed by atoms with Gasteiger partial charge in [0.25, 0.3) is 0 Å². The standard InChI is InChI=1S/C30H46O4/c1-25(2)20-10-13-30(7)21(28(20,5)12-11-22(25)31)9-8-18-19-16-26(3,24(33)34)17-23(32)27(19,4)14-15-29(18,30)6/h8,19-21,23,32H,9-17H2,1-7H3,(H,33,34)/t19-,20+,21-,23-,26-,27-,28+,29-,30-/m1/s1. The van der Waals surface area contributed by atoms with E-state index < -0.39 is 17.5 Å². The molecule has 9 atom stereocenters. The molecule has 5 rings (SSSR count). The lowest BCUT2D eigenvalue weighted by molar-refractivity contribution is -0.193. The van der Waals surface area contributed by atoms with Gasteiger partial charge in [-0.05, 0) is 92.3 Å². The van der Waals surface area contributed by atoms with Crippen LogP contribution in [0.4, 0.5) is 0 Å². The summed E-state index contributed by atoms with van der Waals surface area (Å²) in [5.74, 6) is 0.740. The molecule has 0 saturated heterocycles. The van der Waals surface area contributed by atoms with Crippen LogP contribution >= 0.6 is 0 Å². The number of carboxylic acid groups (broad SMARTS) is 1. The summed E-state index contributed by atoms with van der Waals surface area (Å²) in [4.78, 5) is 25.2. The highest BCUT2D eigenvalue weighted by Crippen LogP contribution is 2.75. The summed E-state index contributed by atoms with van der Waals surface area (Å²) >= 11 is 0. The minimum absolute atomic E-state index is 0.0101. The molecule has 4 nitrogen and oxygen atoms in total. The summed E-state index contributed by atoms with van der Waals surface area (Å²) in [7, 11) is 0. The Balaban J connectivity index is 1.59. The summed E-state index contributed by atoms with van der Waals surface area (Å²) in [6.45, 7) is 15.9. The van der Waals surface area contributed by atoms with E-state index in [4.69, 9.17) is 0 Å². The van der Waals surface area contributed by atoms with E-state index in [0.717, 1.165) is 38.5 Å². The molecule has 4 fully saturated rings. The monoisotopic (exact) mass is 470 g/mol. The van der Waals surface area contributed by atoms with Crippen molar-refractivity contribution in [3.05, 3.63) is 11.6 Å². The van der Waals surface area contributed by atoms with Gasteiger partial charge in [0.1, 0.15) is 5.78 Å². The lowest BCUT2D eigenvalue weighted by Gasteiger charge is -2.71. The molecule has 0 radical (unpaired) electrons. The van der Waals surface area contributed by atoms with Gasteiger partial charge in [0.15, 0.2) is 0 Å². The quantitative estimate of drug-likeness (QED) is 0.434. The summed E-state index contributed by atoms with van der Waals surface area (Å²) < 4.78 is 0. The number of carbonyl (C=O) groups excluding carboxylic acids is 1. The number of aliphatic carboxylic acids is 1. The third kappa shape index (κ3) is 2.75. The Kier molecular flexibility index (Phi) is 5.04. The predicted octanol–water partition coefficient (Wildman–Crippen LogP) is 6.41. The maximum Gasteiger partial charge on any atom is 0.309 e. The minimum Gasteiger partial charge on any atom is -0.481 e. The van der Waals surface area contributed by atoms with Gasteiger partial charge < -0.3 is 10.2 Å². The first kappa shape index (κ1) is 24.5. The van der Waals surface area contributed by atoms with Gasteiger partial charge in [0.05, 0.1) is 11.5 Å². The zero-order valence-electron chi connectivity index (χ0n) is 22.5. The van der Waals surface area contributed by atoms with E-state index >= 15 is 0 Å². The molecule has 0 amide bonds. The second-order valence-corrected chi connectivity index (χ2v) is 14.8. The number of rotatable bonds is 1. The van der Waals surface area contributed by atoms with Crippen LogP contribution in [-0.2, 0) is 9.59 Å². The third-order valence-electron chi connectivity index (χ3n) is 13.2. The van der Waals surface area contributed by atoms with Crippen molar-refractivity contribution in [2.24, 2.45) is 50.2 Å². The van der Waals surface area contributed by atoms with Crippen LogP contribution in [0.1, 0.15) is 106 Å². The molecule has 0 spiro atoms. The number of hydrogen-bond donors (Lipinski definition) is 2. The average molecular weight is 471 g/mol. The number of carboxylic acids is 1. The van der Waals surface area contributed by atoms with Crippen LogP contribution in [0, 0.1) is 50.2 Å². The second-order valence-electron chi connectivity index (χ2n) is 14.8. The van der Waals surface area contributed by atoms with E-state index in [-0.39, 0.29) is 33.0 Å². The van der Waals surface area contributed by atoms with Crippen molar-refractivity contribution in [1.29, 1.82) is 0 Å². The molecular formula is C30H46O4. The van der Waals surface area contributed by atoms with Gasteiger partial charge in [-0.1, -0.05) is 53.2 Å². The van der Waals surface area contributed by atoms with Gasteiger partial charge >= 0.3 is 5.97 Å². The van der Waals surface area contributed by atoms with Crippen LogP contribution < -0.4 is 0 Å². The molecule has 0 heterocycles. The summed E-state index contributed by atoms with van der Waals surface area (Å²) in [6.07, 6.45) is 9.84. The normalized spacial score (nSPS) is 54.1. The maximum absolute atomic E-state index is 12.9. The molecule has 34 heavy (non-hydrogen) atoms. The fourth-order valence-electron chi connectivity index (χ4n) is 10.5. The Morgan fingerprint density at radius 2 is 1.59 bits per heavy atom. The molecule has 0 aromatic rings. The predicted molar refractivity (Wildman–Crippen MR) is 133 cm³/mol. The van der Waals surface area contributed by atoms with Crippen LogP contribution in [0.15, 0.2) is 11.6 Å². The molecule has 0 aromatic heterocycles. The second kappa shape index (κ2) is 6.99. The van der Waals surface area contributed by atoms with E-state index in [2.05, 4.69) is 47.6 Å². The molecule has 0 unspecified atom stereocenters. The molecule has 0 aliphatic heterocycles. The fourth-order valence-corrected chi connectivity index (χ4v) is 10.5. The topological polar surface area (TPSA) is 74.6 Å². The Hall–Kier alpha value is -1.16. The number of aliphatic hydroxyl groups is 1. The third-order valence-corrected chi connectivity index (χ3v) is 13.2. The van der Waals surface area contributed by atoms with Crippen LogP contribution in [0.3, 0.4) is 0 Å². The Morgan fingerprint density at radius 1 is 0.912 bits per heavy atom. The molecule has 4 saturated carbocycles. The van der Waals surface area contributed by atoms with Crippen molar-refractivity contribution in [1.82, 2.24) is 0 Å². The van der Waals surface area contributed by atoms with Gasteiger partial charge in [0.2, 0.25) is 0 Å². The smallest absolute Gasteiger partial charge is 0.309 e. The first-order chi connectivity index (χ1) is 15.6. The molecule has 2 N–H and O–H groups in total. The van der Waals surface area contributed by atoms with Crippen LogP contribution in [0.5, 0.6) is 0 Å². The van der Waals surface area contributed by atoms with Gasteiger partial charge in [-0.25, -0.2) is 0 Å². The van der Waals surface area contributed by atoms with Crippen molar-refractivity contribution in [2.45, 2.75) is 112 Å². The van der Waals surface area contributed by atoms with E-state index in [1.807, 2.05) is 6.92 Å². The molecule has 5 aliphatic rings. The van der Waals surface area contributed by atoms with E-state index in [1.165, 1.54) is 5.57 Å². The molecule has 190 valence electrons. The summed E-state index contributed by atoms with van der Waals surface area (Å²) in [5, 5.41) is 21.3. The van der Waals surface area contributed by atoms with E-state index in [1.54, 1.807) is 0 Å². The summed E-state index contributed by atoms with van der Waals surface area (Å²) in [6, 6.07) is 0. The highest BCUT2D eigenvalue weighted by molar-refractivity contribution is 5.85. The van der Waals surface area contributed by atoms with E-state index in [0.29, 0.717) is 36.9 Å². The molecule has 4 heteroatoms. The van der Waals surface area contributed by atoms with Gasteiger partial charge in [-0.15, -0.1) is 0 Å². The Labute approximate surface area is 206 Å². The number of fused-ring (bicyclic) bond motifs is 7. The largest absolute Gasteiger partial charge is 0.481 e. The zero-order valence-corrected chi connectivity index (χ0v) is 22.5. The van der Waals surface area contributed by atoms with Crippen LogP contribution in [0.25, 0.3) is 0 Å². The lowest BCUT2D eigenvalue weighted by atomic mass is 9.33. The number of hydrogen-bond acceptors (Lipinski definition) is 3. The van der Waals surface area contributed by atoms with E-state index in [9.17, 15) is 19.8 Å². The number of Topliss-reactive ketones (excluding diaryl/α,β-unsaturated/α-hetero) is 1. The van der Waals surface area contributed by atoms with Gasteiger partial charge in [-0.3, -0.25) is 9.59 Å². The first-order valence-electron chi connectivity index (χ1n) is 13.7. The van der Waals surface area contributed by atoms with Crippen molar-refractivity contribution in [3.8, 4) is 0 Å². The number of ketones is 1.